The molecule has 9 heteroatoms. The highest BCUT2D eigenvalue weighted by Gasteiger charge is 2.29. The van der Waals surface area contributed by atoms with Gasteiger partial charge in [0, 0.05) is 11.8 Å². The molecule has 0 saturated carbocycles. The Hall–Kier alpha value is -2.13. The van der Waals surface area contributed by atoms with Crippen molar-refractivity contribution in [2.45, 2.75) is 19.4 Å². The number of ether oxygens (including phenoxy) is 3. The summed E-state index contributed by atoms with van der Waals surface area (Å²) in [5.41, 5.74) is 1.43. The molecule has 0 amide bonds. The Kier molecular flexibility index (Phi) is 6.01. The first-order valence-electron chi connectivity index (χ1n) is 8.43. The predicted molar refractivity (Wildman–Crippen MR) is 102 cm³/mol. The third-order valence-corrected chi connectivity index (χ3v) is 7.11. The van der Waals surface area contributed by atoms with Crippen LogP contribution in [0.25, 0.3) is 10.6 Å². The van der Waals surface area contributed by atoms with Gasteiger partial charge in [0.1, 0.15) is 11.6 Å². The second-order valence-corrected chi connectivity index (χ2v) is 9.41. The van der Waals surface area contributed by atoms with E-state index in [0.29, 0.717) is 23.6 Å². The number of aromatic nitrogens is 1. The number of hydrogen-bond donors (Lipinski definition) is 0. The van der Waals surface area contributed by atoms with Crippen LogP contribution in [0.1, 0.15) is 18.5 Å². The molecule has 0 radical (unpaired) electrons. The van der Waals surface area contributed by atoms with E-state index in [9.17, 15) is 13.2 Å². The minimum absolute atomic E-state index is 0.0566. The maximum absolute atomic E-state index is 12.0. The zero-order valence-electron chi connectivity index (χ0n) is 15.1. The van der Waals surface area contributed by atoms with E-state index < -0.39 is 15.8 Å². The van der Waals surface area contributed by atoms with Crippen molar-refractivity contribution in [1.82, 2.24) is 4.98 Å². The SMILES string of the molecule is COc1cccc(-c2nc(COC(=O)C[C@H]3CCS(=O)(=O)C3)cs2)c1OC. The molecule has 1 saturated heterocycles. The first-order chi connectivity index (χ1) is 12.9. The number of carbonyl (C=O) groups is 1. The number of hydrogen-bond acceptors (Lipinski definition) is 8. The Labute approximate surface area is 162 Å². The summed E-state index contributed by atoms with van der Waals surface area (Å²) in [5.74, 6) is 0.895. The van der Waals surface area contributed by atoms with Crippen LogP contribution in [-0.4, -0.2) is 45.1 Å². The Morgan fingerprint density at radius 1 is 1.30 bits per heavy atom. The van der Waals surface area contributed by atoms with Crippen LogP contribution in [0.5, 0.6) is 11.5 Å². The van der Waals surface area contributed by atoms with Crippen LogP contribution in [0.2, 0.25) is 0 Å². The van der Waals surface area contributed by atoms with Gasteiger partial charge >= 0.3 is 5.97 Å². The number of sulfone groups is 1. The molecule has 0 unspecified atom stereocenters. The number of rotatable bonds is 7. The average Bonchev–Trinajstić information content (AvgIpc) is 3.25. The van der Waals surface area contributed by atoms with Crippen molar-refractivity contribution >= 4 is 27.1 Å². The van der Waals surface area contributed by atoms with Gasteiger partial charge in [0.15, 0.2) is 21.3 Å². The van der Waals surface area contributed by atoms with Crippen molar-refractivity contribution in [3.8, 4) is 22.1 Å². The molecule has 27 heavy (non-hydrogen) atoms. The van der Waals surface area contributed by atoms with Gasteiger partial charge in [-0.2, -0.15) is 0 Å². The van der Waals surface area contributed by atoms with Gasteiger partial charge in [0.2, 0.25) is 0 Å². The highest BCUT2D eigenvalue weighted by molar-refractivity contribution is 7.91. The van der Waals surface area contributed by atoms with Crippen molar-refractivity contribution in [3.05, 3.63) is 29.3 Å². The van der Waals surface area contributed by atoms with Crippen LogP contribution in [0.3, 0.4) is 0 Å². The molecule has 0 bridgehead atoms. The summed E-state index contributed by atoms with van der Waals surface area (Å²) in [6.45, 7) is 0.0566. The average molecular weight is 412 g/mol. The fraction of sp³-hybridized carbons (Fsp3) is 0.444. The Bertz CT molecular complexity index is 922. The summed E-state index contributed by atoms with van der Waals surface area (Å²) in [6.07, 6.45) is 0.647. The Morgan fingerprint density at radius 2 is 2.11 bits per heavy atom. The van der Waals surface area contributed by atoms with Gasteiger partial charge in [-0.1, -0.05) is 6.07 Å². The normalized spacial score (nSPS) is 18.2. The van der Waals surface area contributed by atoms with Crippen molar-refractivity contribution in [2.75, 3.05) is 25.7 Å². The van der Waals surface area contributed by atoms with Crippen LogP contribution >= 0.6 is 11.3 Å². The molecule has 3 rings (SSSR count). The van der Waals surface area contributed by atoms with Crippen molar-refractivity contribution in [3.63, 3.8) is 0 Å². The van der Waals surface area contributed by atoms with E-state index in [1.54, 1.807) is 14.2 Å². The second kappa shape index (κ2) is 8.26. The van der Waals surface area contributed by atoms with Crippen LogP contribution < -0.4 is 9.47 Å². The molecule has 1 fully saturated rings. The van der Waals surface area contributed by atoms with Gasteiger partial charge < -0.3 is 14.2 Å². The quantitative estimate of drug-likeness (QED) is 0.647. The van der Waals surface area contributed by atoms with E-state index in [1.165, 1.54) is 11.3 Å². The first kappa shape index (κ1) is 19.6. The van der Waals surface area contributed by atoms with Gasteiger partial charge in [0.05, 0.1) is 37.0 Å². The van der Waals surface area contributed by atoms with Gasteiger partial charge in [-0.05, 0) is 24.5 Å². The van der Waals surface area contributed by atoms with Gasteiger partial charge in [-0.25, -0.2) is 13.4 Å². The highest BCUT2D eigenvalue weighted by Crippen LogP contribution is 2.39. The van der Waals surface area contributed by atoms with E-state index >= 15 is 0 Å². The standard InChI is InChI=1S/C18H21NO6S2/c1-23-15-5-3-4-14(17(15)24-2)18-19-13(10-26-18)9-25-16(20)8-12-6-7-27(21,22)11-12/h3-5,10,12H,6-9,11H2,1-2H3/t12-/m1/s1. The van der Waals surface area contributed by atoms with E-state index in [-0.39, 0.29) is 30.5 Å². The van der Waals surface area contributed by atoms with Gasteiger partial charge in [-0.15, -0.1) is 11.3 Å². The van der Waals surface area contributed by atoms with Crippen LogP contribution in [-0.2, 0) is 26.0 Å². The minimum Gasteiger partial charge on any atom is -0.493 e. The van der Waals surface area contributed by atoms with Crippen molar-refractivity contribution in [2.24, 2.45) is 5.92 Å². The molecule has 0 N–H and O–H groups in total. The number of carbonyl (C=O) groups excluding carboxylic acids is 1. The molecule has 1 aromatic heterocycles. The van der Waals surface area contributed by atoms with E-state index in [1.807, 2.05) is 23.6 Å². The number of benzene rings is 1. The minimum atomic E-state index is -2.99. The molecule has 0 aliphatic carbocycles. The summed E-state index contributed by atoms with van der Waals surface area (Å²) in [4.78, 5) is 16.5. The molecule has 2 aromatic rings. The van der Waals surface area contributed by atoms with Gasteiger partial charge in [-0.3, -0.25) is 4.79 Å². The summed E-state index contributed by atoms with van der Waals surface area (Å²) in [5, 5.41) is 2.56. The molecule has 1 atom stereocenters. The molecule has 1 aromatic carbocycles. The maximum Gasteiger partial charge on any atom is 0.306 e. The molecule has 146 valence electrons. The van der Waals surface area contributed by atoms with Crippen LogP contribution in [0.15, 0.2) is 23.6 Å². The fourth-order valence-electron chi connectivity index (χ4n) is 3.03. The molecular weight excluding hydrogens is 390 g/mol. The van der Waals surface area contributed by atoms with E-state index in [0.717, 1.165) is 10.6 Å². The zero-order chi connectivity index (χ0) is 19.4. The molecule has 1 aliphatic heterocycles. The number of esters is 1. The van der Waals surface area contributed by atoms with E-state index in [4.69, 9.17) is 14.2 Å². The van der Waals surface area contributed by atoms with Crippen molar-refractivity contribution < 1.29 is 27.4 Å². The first-order valence-corrected chi connectivity index (χ1v) is 11.1. The number of methoxy groups -OCH3 is 2. The number of nitrogens with zero attached hydrogens (tertiary/aromatic N) is 1. The molecule has 1 aliphatic rings. The molecular formula is C18H21NO6S2. The predicted octanol–water partition coefficient (Wildman–Crippen LogP) is 2.70. The summed E-state index contributed by atoms with van der Waals surface area (Å²) >= 11 is 1.42. The summed E-state index contributed by atoms with van der Waals surface area (Å²) < 4.78 is 38.9. The third kappa shape index (κ3) is 4.78. The third-order valence-electron chi connectivity index (χ3n) is 4.35. The number of thiazole rings is 1. The molecule has 2 heterocycles. The lowest BCUT2D eigenvalue weighted by atomic mass is 10.1. The Morgan fingerprint density at radius 3 is 2.78 bits per heavy atom. The smallest absolute Gasteiger partial charge is 0.306 e. The number of para-hydroxylation sites is 1. The fourth-order valence-corrected chi connectivity index (χ4v) is 5.72. The van der Waals surface area contributed by atoms with Crippen LogP contribution in [0.4, 0.5) is 0 Å². The van der Waals surface area contributed by atoms with Crippen LogP contribution in [0, 0.1) is 5.92 Å². The largest absolute Gasteiger partial charge is 0.493 e. The molecule has 0 spiro atoms. The van der Waals surface area contributed by atoms with Crippen molar-refractivity contribution in [1.29, 1.82) is 0 Å². The Balaban J connectivity index is 1.61. The monoisotopic (exact) mass is 411 g/mol. The van der Waals surface area contributed by atoms with Gasteiger partial charge in [0.25, 0.3) is 0 Å². The zero-order valence-corrected chi connectivity index (χ0v) is 16.8. The lowest BCUT2D eigenvalue weighted by Crippen LogP contribution is -2.13. The lowest BCUT2D eigenvalue weighted by Gasteiger charge is -2.10. The molecule has 7 nitrogen and oxygen atoms in total. The summed E-state index contributed by atoms with van der Waals surface area (Å²) in [7, 11) is 0.155. The summed E-state index contributed by atoms with van der Waals surface area (Å²) in [6, 6.07) is 5.55. The van der Waals surface area contributed by atoms with E-state index in [2.05, 4.69) is 4.98 Å². The highest BCUT2D eigenvalue weighted by atomic mass is 32.2. The lowest BCUT2D eigenvalue weighted by molar-refractivity contribution is -0.146. The topological polar surface area (TPSA) is 91.8 Å². The maximum atomic E-state index is 12.0. The second-order valence-electron chi connectivity index (χ2n) is 6.32.